The summed E-state index contributed by atoms with van der Waals surface area (Å²) in [5.41, 5.74) is 1.29. The van der Waals surface area contributed by atoms with Crippen molar-refractivity contribution >= 4 is 23.2 Å². The number of halogens is 1. The van der Waals surface area contributed by atoms with E-state index in [0.717, 1.165) is 28.6 Å². The van der Waals surface area contributed by atoms with Gasteiger partial charge in [0.25, 0.3) is 5.91 Å². The van der Waals surface area contributed by atoms with Crippen molar-refractivity contribution < 1.29 is 18.7 Å². The molecule has 0 radical (unpaired) electrons. The molecule has 0 saturated heterocycles. The highest BCUT2D eigenvalue weighted by Gasteiger charge is 2.46. The zero-order chi connectivity index (χ0) is 23.2. The van der Waals surface area contributed by atoms with Crippen molar-refractivity contribution in [2.24, 2.45) is 11.8 Å². The second kappa shape index (κ2) is 8.49. The highest BCUT2D eigenvalue weighted by molar-refractivity contribution is 6.04. The zero-order valence-electron chi connectivity index (χ0n) is 19.6. The van der Waals surface area contributed by atoms with Crippen LogP contribution in [-0.4, -0.2) is 35.1 Å². The molecule has 2 aliphatic rings. The van der Waals surface area contributed by atoms with Gasteiger partial charge in [0.05, 0.1) is 22.9 Å². The predicted molar refractivity (Wildman–Crippen MR) is 123 cm³/mol. The molecular formula is C26H31FN2O3. The van der Waals surface area contributed by atoms with Crippen LogP contribution in [0, 0.1) is 17.7 Å². The number of ether oxygens (including phenoxy) is 2. The number of aryl methyl sites for hydroxylation is 1. The van der Waals surface area contributed by atoms with Crippen LogP contribution in [0.2, 0.25) is 0 Å². The van der Waals surface area contributed by atoms with Crippen LogP contribution in [0.25, 0.3) is 17.3 Å². The first-order chi connectivity index (χ1) is 15.3. The highest BCUT2D eigenvalue weighted by atomic mass is 19.1. The molecule has 6 heteroatoms. The van der Waals surface area contributed by atoms with Gasteiger partial charge in [-0.25, -0.2) is 4.39 Å². The molecule has 2 aromatic rings. The van der Waals surface area contributed by atoms with Crippen molar-refractivity contribution in [2.75, 3.05) is 13.6 Å². The van der Waals surface area contributed by atoms with Crippen molar-refractivity contribution in [3.63, 3.8) is 0 Å². The van der Waals surface area contributed by atoms with Crippen LogP contribution < -0.4 is 10.6 Å². The van der Waals surface area contributed by atoms with Gasteiger partial charge in [-0.3, -0.25) is 4.79 Å². The Hall–Kier alpha value is -3.02. The minimum atomic E-state index is -0.326. The van der Waals surface area contributed by atoms with E-state index in [2.05, 4.69) is 18.4 Å². The van der Waals surface area contributed by atoms with Gasteiger partial charge in [0.2, 0.25) is 0 Å². The van der Waals surface area contributed by atoms with Gasteiger partial charge < -0.3 is 18.9 Å². The molecule has 1 aromatic heterocycles. The number of rotatable bonds is 6. The number of likely N-dealkylation sites (N-methyl/N-ethyl adjacent to an activating group) is 1. The number of hydrogen-bond donors (Lipinski definition) is 0. The Bertz CT molecular complexity index is 1190. The van der Waals surface area contributed by atoms with Crippen molar-refractivity contribution in [1.82, 2.24) is 9.47 Å². The molecule has 0 N–H and O–H groups in total. The smallest absolute Gasteiger partial charge is 0.254 e. The van der Waals surface area contributed by atoms with E-state index >= 15 is 0 Å². The summed E-state index contributed by atoms with van der Waals surface area (Å²) in [6, 6.07) is 8.16. The van der Waals surface area contributed by atoms with Crippen LogP contribution in [0.15, 0.2) is 42.1 Å². The van der Waals surface area contributed by atoms with Crippen LogP contribution in [0.3, 0.4) is 0 Å². The normalized spacial score (nSPS) is 19.8. The van der Waals surface area contributed by atoms with Gasteiger partial charge in [-0.15, -0.1) is 0 Å². The van der Waals surface area contributed by atoms with Gasteiger partial charge in [0.1, 0.15) is 23.1 Å². The van der Waals surface area contributed by atoms with Crippen LogP contribution in [-0.2, 0) is 20.8 Å². The average Bonchev–Trinajstić information content (AvgIpc) is 3.37. The number of hydrogen-bond acceptors (Lipinski definition) is 3. The van der Waals surface area contributed by atoms with Crippen LogP contribution in [0.1, 0.15) is 40.2 Å². The Morgan fingerprint density at radius 2 is 1.91 bits per heavy atom. The minimum absolute atomic E-state index is 0.00222. The number of nitrogens with zero attached hydrogens (tertiary/aromatic N) is 2. The Morgan fingerprint density at radius 1 is 1.22 bits per heavy atom. The molecule has 1 amide bonds. The summed E-state index contributed by atoms with van der Waals surface area (Å²) in [5.74, 6) is 1.37. The monoisotopic (exact) mass is 438 g/mol. The summed E-state index contributed by atoms with van der Waals surface area (Å²) in [5, 5.41) is 1.96. The summed E-state index contributed by atoms with van der Waals surface area (Å²) < 4.78 is 28.6. The van der Waals surface area contributed by atoms with Crippen molar-refractivity contribution in [3.05, 3.63) is 64.1 Å². The van der Waals surface area contributed by atoms with E-state index in [1.165, 1.54) is 12.1 Å². The Morgan fingerprint density at radius 3 is 2.50 bits per heavy atom. The largest absolute Gasteiger partial charge is 0.493 e. The first kappa shape index (κ1) is 22.2. The molecule has 5 nitrogen and oxygen atoms in total. The quantitative estimate of drug-likeness (QED) is 0.694. The van der Waals surface area contributed by atoms with E-state index in [-0.39, 0.29) is 29.7 Å². The summed E-state index contributed by atoms with van der Waals surface area (Å²) >= 11 is 0. The number of carbonyl (C=O) groups is 1. The third kappa shape index (κ3) is 3.51. The lowest BCUT2D eigenvalue weighted by atomic mass is 9.80. The number of benzene rings is 1. The second-order valence-electron chi connectivity index (χ2n) is 8.70. The molecule has 2 heterocycles. The van der Waals surface area contributed by atoms with E-state index in [4.69, 9.17) is 9.47 Å². The maximum Gasteiger partial charge on any atom is 0.254 e. The van der Waals surface area contributed by atoms with Crippen LogP contribution in [0.5, 0.6) is 0 Å². The Labute approximate surface area is 188 Å². The van der Waals surface area contributed by atoms with Crippen molar-refractivity contribution in [2.45, 2.75) is 47.3 Å². The van der Waals surface area contributed by atoms with Crippen LogP contribution >= 0.6 is 0 Å². The minimum Gasteiger partial charge on any atom is -0.493 e. The Balaban J connectivity index is 1.99. The Kier molecular flexibility index (Phi) is 5.89. The van der Waals surface area contributed by atoms with Crippen molar-refractivity contribution in [3.8, 4) is 0 Å². The van der Waals surface area contributed by atoms with Gasteiger partial charge in [-0.1, -0.05) is 6.92 Å². The lowest BCUT2D eigenvalue weighted by Crippen LogP contribution is -2.43. The van der Waals surface area contributed by atoms with E-state index in [0.29, 0.717) is 23.4 Å². The van der Waals surface area contributed by atoms with E-state index in [9.17, 15) is 9.18 Å². The molecule has 0 spiro atoms. The summed E-state index contributed by atoms with van der Waals surface area (Å²) in [4.78, 5) is 15.3. The fourth-order valence-corrected chi connectivity index (χ4v) is 4.59. The fourth-order valence-electron chi connectivity index (χ4n) is 4.59. The van der Waals surface area contributed by atoms with Gasteiger partial charge in [0.15, 0.2) is 0 Å². The van der Waals surface area contributed by atoms with Gasteiger partial charge in [-0.05, 0) is 58.0 Å². The zero-order valence-corrected chi connectivity index (χ0v) is 19.6. The molecule has 1 aromatic carbocycles. The summed E-state index contributed by atoms with van der Waals surface area (Å²) in [6.45, 7) is 11.5. The maximum atomic E-state index is 13.6. The van der Waals surface area contributed by atoms with E-state index in [1.807, 2.05) is 33.0 Å². The number of amides is 1. The van der Waals surface area contributed by atoms with E-state index in [1.54, 1.807) is 24.1 Å². The van der Waals surface area contributed by atoms with Gasteiger partial charge in [-0.2, -0.15) is 0 Å². The fraction of sp³-hybridized carbons (Fsp3) is 0.423. The van der Waals surface area contributed by atoms with Crippen LogP contribution in [0.4, 0.5) is 4.39 Å². The molecule has 32 heavy (non-hydrogen) atoms. The SMILES string of the molecule is CCN(C)C(=O)C1=C(c2ccc(F)cc2)OC2=c3ccn(CC)c3=C(OC(C)C)C(C)C12. The number of aromatic nitrogens is 1. The average molecular weight is 439 g/mol. The molecule has 0 saturated carbocycles. The molecule has 0 bridgehead atoms. The molecular weight excluding hydrogens is 407 g/mol. The predicted octanol–water partition coefficient (Wildman–Crippen LogP) is 3.47. The van der Waals surface area contributed by atoms with E-state index < -0.39 is 0 Å². The maximum absolute atomic E-state index is 13.6. The lowest BCUT2D eigenvalue weighted by Gasteiger charge is -2.29. The molecule has 1 aliphatic heterocycles. The van der Waals surface area contributed by atoms with Gasteiger partial charge in [0, 0.05) is 43.0 Å². The third-order valence-corrected chi connectivity index (χ3v) is 6.29. The standard InChI is InChI=1S/C26H31FN2O3/c1-7-28(6)26(30)21-20-16(5)23(31-15(3)4)22-19(13-14-29(22)8-2)25(20)32-24(21)17-9-11-18(27)12-10-17/h9-16,20H,7-8H2,1-6H3. The number of fused-ring (bicyclic) bond motifs is 2. The van der Waals surface area contributed by atoms with Crippen molar-refractivity contribution in [1.29, 1.82) is 0 Å². The molecule has 2 unspecified atom stereocenters. The first-order valence-electron chi connectivity index (χ1n) is 11.3. The number of carbonyl (C=O) groups excluding carboxylic acids is 1. The first-order valence-corrected chi connectivity index (χ1v) is 11.3. The highest BCUT2D eigenvalue weighted by Crippen LogP contribution is 2.47. The molecule has 170 valence electrons. The molecule has 0 fully saturated rings. The second-order valence-corrected chi connectivity index (χ2v) is 8.70. The third-order valence-electron chi connectivity index (χ3n) is 6.29. The molecule has 4 rings (SSSR count). The topological polar surface area (TPSA) is 43.7 Å². The molecule has 1 aliphatic carbocycles. The lowest BCUT2D eigenvalue weighted by molar-refractivity contribution is -0.126. The van der Waals surface area contributed by atoms with Gasteiger partial charge >= 0.3 is 0 Å². The molecule has 2 atom stereocenters. The summed E-state index contributed by atoms with van der Waals surface area (Å²) in [6.07, 6.45) is 2.04. The summed E-state index contributed by atoms with van der Waals surface area (Å²) in [7, 11) is 1.79.